The van der Waals surface area contributed by atoms with Crippen molar-refractivity contribution < 1.29 is 4.79 Å². The van der Waals surface area contributed by atoms with Crippen LogP contribution in [0.1, 0.15) is 24.2 Å². The Bertz CT molecular complexity index is 652. The van der Waals surface area contributed by atoms with Crippen LogP contribution in [0.15, 0.2) is 42.5 Å². The van der Waals surface area contributed by atoms with Gasteiger partial charge in [0.25, 0.3) is 5.91 Å². The second-order valence-electron chi connectivity index (χ2n) is 5.16. The lowest BCUT2D eigenvalue weighted by atomic mass is 10.0. The molecule has 0 fully saturated rings. The van der Waals surface area contributed by atoms with Crippen LogP contribution in [0.4, 0.5) is 0 Å². The molecular weight excluding hydrogens is 268 g/mol. The summed E-state index contributed by atoms with van der Waals surface area (Å²) in [7, 11) is 0. The molecule has 0 spiro atoms. The topological polar surface area (TPSA) is 55.1 Å². The maximum Gasteiger partial charge on any atom is 0.251 e. The molecule has 2 rings (SSSR count). The molecular formula is C16H18N2OS. The van der Waals surface area contributed by atoms with E-state index in [9.17, 15) is 4.79 Å². The highest BCUT2D eigenvalue weighted by atomic mass is 32.1. The van der Waals surface area contributed by atoms with Crippen LogP contribution in [0.25, 0.3) is 10.8 Å². The fourth-order valence-corrected chi connectivity index (χ4v) is 2.45. The van der Waals surface area contributed by atoms with Crippen molar-refractivity contribution in [3.8, 4) is 0 Å². The molecule has 0 aliphatic heterocycles. The van der Waals surface area contributed by atoms with Crippen LogP contribution in [0.3, 0.4) is 0 Å². The van der Waals surface area contributed by atoms with Crippen molar-refractivity contribution in [2.45, 2.75) is 19.9 Å². The number of hydrogen-bond acceptors (Lipinski definition) is 2. The first-order valence-corrected chi connectivity index (χ1v) is 6.99. The molecule has 0 heterocycles. The lowest BCUT2D eigenvalue weighted by Gasteiger charge is -2.21. The maximum atomic E-state index is 12.3. The van der Waals surface area contributed by atoms with Crippen molar-refractivity contribution in [2.75, 3.05) is 0 Å². The number of carbonyl (C=O) groups is 1. The number of nitrogens with two attached hydrogens (primary N) is 1. The molecule has 0 bridgehead atoms. The Labute approximate surface area is 124 Å². The van der Waals surface area contributed by atoms with Crippen LogP contribution in [0, 0.1) is 5.92 Å². The van der Waals surface area contributed by atoms with E-state index in [1.807, 2.05) is 56.3 Å². The van der Waals surface area contributed by atoms with Gasteiger partial charge in [-0.2, -0.15) is 0 Å². The van der Waals surface area contributed by atoms with E-state index in [1.165, 1.54) is 0 Å². The second-order valence-corrected chi connectivity index (χ2v) is 5.63. The van der Waals surface area contributed by atoms with Crippen LogP contribution in [0.5, 0.6) is 0 Å². The molecule has 104 valence electrons. The van der Waals surface area contributed by atoms with E-state index in [0.717, 1.165) is 10.8 Å². The number of amides is 1. The lowest BCUT2D eigenvalue weighted by molar-refractivity contribution is 0.0940. The van der Waals surface area contributed by atoms with Gasteiger partial charge in [0.15, 0.2) is 0 Å². The molecule has 0 aromatic heterocycles. The summed E-state index contributed by atoms with van der Waals surface area (Å²) in [5.41, 5.74) is 6.29. The van der Waals surface area contributed by atoms with Gasteiger partial charge < -0.3 is 11.1 Å². The Morgan fingerprint density at radius 2 is 1.80 bits per heavy atom. The van der Waals surface area contributed by atoms with Crippen molar-refractivity contribution in [1.29, 1.82) is 0 Å². The van der Waals surface area contributed by atoms with Crippen molar-refractivity contribution in [3.63, 3.8) is 0 Å². The molecule has 1 atom stereocenters. The minimum Gasteiger partial charge on any atom is -0.392 e. The molecule has 0 radical (unpaired) electrons. The smallest absolute Gasteiger partial charge is 0.251 e. The largest absolute Gasteiger partial charge is 0.392 e. The van der Waals surface area contributed by atoms with Crippen molar-refractivity contribution >= 4 is 33.9 Å². The Hall–Kier alpha value is -1.94. The van der Waals surface area contributed by atoms with E-state index in [1.54, 1.807) is 0 Å². The van der Waals surface area contributed by atoms with Gasteiger partial charge in [0.1, 0.15) is 0 Å². The Kier molecular flexibility index (Phi) is 4.35. The molecule has 2 aromatic carbocycles. The first-order chi connectivity index (χ1) is 9.49. The van der Waals surface area contributed by atoms with Gasteiger partial charge in [0.2, 0.25) is 0 Å². The summed E-state index contributed by atoms with van der Waals surface area (Å²) in [6.07, 6.45) is 0. The summed E-state index contributed by atoms with van der Waals surface area (Å²) < 4.78 is 0. The van der Waals surface area contributed by atoms with Gasteiger partial charge in [-0.15, -0.1) is 0 Å². The predicted molar refractivity (Wildman–Crippen MR) is 86.8 cm³/mol. The van der Waals surface area contributed by atoms with Crippen LogP contribution >= 0.6 is 12.2 Å². The summed E-state index contributed by atoms with van der Waals surface area (Å²) in [4.78, 5) is 12.6. The molecule has 3 N–H and O–H groups in total. The first kappa shape index (κ1) is 14.5. The summed E-state index contributed by atoms with van der Waals surface area (Å²) >= 11 is 5.00. The number of rotatable bonds is 4. The zero-order valence-corrected chi connectivity index (χ0v) is 12.4. The van der Waals surface area contributed by atoms with E-state index in [-0.39, 0.29) is 17.9 Å². The van der Waals surface area contributed by atoms with Crippen molar-refractivity contribution in [1.82, 2.24) is 5.32 Å². The summed E-state index contributed by atoms with van der Waals surface area (Å²) in [5.74, 6) is 0.0131. The normalized spacial score (nSPS) is 12.3. The van der Waals surface area contributed by atoms with Gasteiger partial charge >= 0.3 is 0 Å². The third-order valence-corrected chi connectivity index (χ3v) is 3.53. The van der Waals surface area contributed by atoms with Gasteiger partial charge in [-0.3, -0.25) is 4.79 Å². The molecule has 0 aliphatic rings. The van der Waals surface area contributed by atoms with Gasteiger partial charge in [0.05, 0.1) is 11.0 Å². The average molecular weight is 286 g/mol. The third-order valence-electron chi connectivity index (χ3n) is 3.27. The third kappa shape index (κ3) is 3.14. The monoisotopic (exact) mass is 286 g/mol. The highest BCUT2D eigenvalue weighted by Crippen LogP contribution is 2.16. The predicted octanol–water partition coefficient (Wildman–Crippen LogP) is 2.88. The minimum atomic E-state index is -0.288. The molecule has 0 saturated heterocycles. The Morgan fingerprint density at radius 3 is 2.40 bits per heavy atom. The first-order valence-electron chi connectivity index (χ1n) is 6.58. The number of fused-ring (bicyclic) bond motifs is 1. The number of hydrogen-bond donors (Lipinski definition) is 2. The number of benzene rings is 2. The number of nitrogens with one attached hydrogen (secondary N) is 1. The molecule has 20 heavy (non-hydrogen) atoms. The number of thiocarbonyl (C=S) groups is 1. The maximum absolute atomic E-state index is 12.3. The molecule has 3 nitrogen and oxygen atoms in total. The summed E-state index contributed by atoms with van der Waals surface area (Å²) in [6.45, 7) is 3.95. The Morgan fingerprint density at radius 1 is 1.15 bits per heavy atom. The molecule has 0 saturated carbocycles. The van der Waals surface area contributed by atoms with E-state index in [0.29, 0.717) is 10.6 Å². The van der Waals surface area contributed by atoms with Gasteiger partial charge in [-0.1, -0.05) is 56.4 Å². The highest BCUT2D eigenvalue weighted by Gasteiger charge is 2.19. The summed E-state index contributed by atoms with van der Waals surface area (Å²) in [5, 5.41) is 5.04. The van der Waals surface area contributed by atoms with E-state index in [2.05, 4.69) is 5.32 Å². The zero-order chi connectivity index (χ0) is 14.7. The molecule has 1 unspecified atom stereocenters. The standard InChI is InChI=1S/C16H18N2OS/c1-10(2)14(15(17)20)18-16(19)13-8-7-11-5-3-4-6-12(11)9-13/h3-10,14H,1-2H3,(H2,17,20)(H,18,19). The minimum absolute atomic E-state index is 0.151. The second kappa shape index (κ2) is 6.01. The fourth-order valence-electron chi connectivity index (χ4n) is 2.12. The van der Waals surface area contributed by atoms with E-state index >= 15 is 0 Å². The van der Waals surface area contributed by atoms with E-state index in [4.69, 9.17) is 18.0 Å². The zero-order valence-electron chi connectivity index (χ0n) is 11.6. The molecule has 0 aliphatic carbocycles. The lowest BCUT2D eigenvalue weighted by Crippen LogP contribution is -2.46. The fraction of sp³-hybridized carbons (Fsp3) is 0.250. The molecule has 1 amide bonds. The average Bonchev–Trinajstić information content (AvgIpc) is 2.43. The van der Waals surface area contributed by atoms with Gasteiger partial charge in [0, 0.05) is 5.56 Å². The van der Waals surface area contributed by atoms with Crippen molar-refractivity contribution in [3.05, 3.63) is 48.0 Å². The quantitative estimate of drug-likeness (QED) is 0.850. The molecule has 4 heteroatoms. The highest BCUT2D eigenvalue weighted by molar-refractivity contribution is 7.80. The Balaban J connectivity index is 2.24. The van der Waals surface area contributed by atoms with Crippen LogP contribution in [-0.4, -0.2) is 16.9 Å². The SMILES string of the molecule is CC(C)C(NC(=O)c1ccc2ccccc2c1)C(N)=S. The van der Waals surface area contributed by atoms with Crippen molar-refractivity contribution in [2.24, 2.45) is 11.7 Å². The van der Waals surface area contributed by atoms with Gasteiger partial charge in [-0.25, -0.2) is 0 Å². The van der Waals surface area contributed by atoms with Crippen LogP contribution in [0.2, 0.25) is 0 Å². The van der Waals surface area contributed by atoms with Crippen LogP contribution in [-0.2, 0) is 0 Å². The molecule has 2 aromatic rings. The van der Waals surface area contributed by atoms with E-state index < -0.39 is 0 Å². The summed E-state index contributed by atoms with van der Waals surface area (Å²) in [6, 6.07) is 13.3. The number of carbonyl (C=O) groups excluding carboxylic acids is 1. The van der Waals surface area contributed by atoms with Crippen LogP contribution < -0.4 is 11.1 Å². The van der Waals surface area contributed by atoms with Gasteiger partial charge in [-0.05, 0) is 28.8 Å².